The predicted molar refractivity (Wildman–Crippen MR) is 218 cm³/mol. The first-order valence-electron chi connectivity index (χ1n) is 17.0. The lowest BCUT2D eigenvalue weighted by atomic mass is 9.97. The van der Waals surface area contributed by atoms with Crippen LogP contribution in [0, 0.1) is 0 Å². The molecule has 0 fully saturated rings. The van der Waals surface area contributed by atoms with Crippen LogP contribution in [0.5, 0.6) is 0 Å². The molecule has 0 amide bonds. The third kappa shape index (κ3) is 5.38. The Bertz CT molecular complexity index is 2570. The van der Waals surface area contributed by atoms with Crippen molar-refractivity contribution < 1.29 is 0 Å². The second-order valence-electron chi connectivity index (χ2n) is 12.6. The van der Waals surface area contributed by atoms with Crippen LogP contribution in [0.4, 0.5) is 28.4 Å². The second-order valence-corrected chi connectivity index (χ2v) is 13.7. The number of fused-ring (bicyclic) bond motifs is 6. The Morgan fingerprint density at radius 3 is 2.02 bits per heavy atom. The maximum Gasteiger partial charge on any atom is 0.0572 e. The average molecular weight is 659 g/mol. The Balaban J connectivity index is 1.07. The summed E-state index contributed by atoms with van der Waals surface area (Å²) in [6, 6.07) is 57.1. The van der Waals surface area contributed by atoms with Crippen molar-refractivity contribution in [2.75, 3.05) is 16.3 Å². The highest BCUT2D eigenvalue weighted by atomic mass is 32.1. The number of anilines is 5. The summed E-state index contributed by atoms with van der Waals surface area (Å²) in [5.41, 5.74) is 10.3. The molecule has 0 saturated heterocycles. The summed E-state index contributed by atoms with van der Waals surface area (Å²) in [4.78, 5) is 4.76. The molecule has 0 unspecified atom stereocenters. The van der Waals surface area contributed by atoms with E-state index in [0.29, 0.717) is 0 Å². The molecule has 0 atom stereocenters. The van der Waals surface area contributed by atoms with E-state index in [1.54, 1.807) is 0 Å². The largest absolute Gasteiger partial charge is 0.337 e. The van der Waals surface area contributed by atoms with Gasteiger partial charge in [-0.15, -0.1) is 11.3 Å². The minimum Gasteiger partial charge on any atom is -0.337 e. The predicted octanol–water partition coefficient (Wildman–Crippen LogP) is 13.6. The van der Waals surface area contributed by atoms with Crippen LogP contribution in [0.2, 0.25) is 0 Å². The van der Waals surface area contributed by atoms with Crippen LogP contribution in [-0.2, 0) is 0 Å². The molecule has 0 spiro atoms. The van der Waals surface area contributed by atoms with Gasteiger partial charge in [0.1, 0.15) is 0 Å². The number of benzene rings is 7. The monoisotopic (exact) mass is 658 g/mol. The number of rotatable bonds is 5. The molecule has 3 heteroatoms. The Morgan fingerprint density at radius 2 is 1.20 bits per heavy atom. The lowest BCUT2D eigenvalue weighted by Crippen LogP contribution is -2.18. The molecule has 0 saturated carbocycles. The topological polar surface area (TPSA) is 6.48 Å². The molecule has 0 radical (unpaired) electrons. The highest BCUT2D eigenvalue weighted by Gasteiger charge is 2.19. The van der Waals surface area contributed by atoms with Crippen LogP contribution in [-0.4, -0.2) is 6.54 Å². The van der Waals surface area contributed by atoms with Crippen LogP contribution in [0.15, 0.2) is 189 Å². The minimum absolute atomic E-state index is 0.759. The van der Waals surface area contributed by atoms with Crippen molar-refractivity contribution in [3.05, 3.63) is 194 Å². The van der Waals surface area contributed by atoms with Gasteiger partial charge in [-0.25, -0.2) is 0 Å². The van der Waals surface area contributed by atoms with Crippen molar-refractivity contribution in [1.29, 1.82) is 0 Å². The molecule has 0 N–H and O–H groups in total. The Hall–Kier alpha value is -6.16. The molecule has 0 bridgehead atoms. The van der Waals surface area contributed by atoms with Gasteiger partial charge in [-0.1, -0.05) is 128 Å². The molecular weight excluding hydrogens is 625 g/mol. The fourth-order valence-corrected chi connectivity index (χ4v) is 8.24. The summed E-state index contributed by atoms with van der Waals surface area (Å²) in [5, 5.41) is 5.05. The molecule has 1 aliphatic heterocycles. The second kappa shape index (κ2) is 12.7. The van der Waals surface area contributed by atoms with Crippen molar-refractivity contribution in [2.24, 2.45) is 0 Å². The van der Waals surface area contributed by atoms with Gasteiger partial charge in [-0.05, 0) is 82.7 Å². The smallest absolute Gasteiger partial charge is 0.0572 e. The maximum atomic E-state index is 4.42. The van der Waals surface area contributed by atoms with Gasteiger partial charge in [-0.2, -0.15) is 0 Å². The van der Waals surface area contributed by atoms with E-state index in [4.69, 9.17) is 0 Å². The van der Waals surface area contributed by atoms with Gasteiger partial charge in [0.15, 0.2) is 0 Å². The number of hydrogen-bond acceptors (Lipinski definition) is 3. The van der Waals surface area contributed by atoms with Crippen molar-refractivity contribution >= 4 is 76.3 Å². The van der Waals surface area contributed by atoms with E-state index in [1.165, 1.54) is 47.8 Å². The zero-order valence-electron chi connectivity index (χ0n) is 27.5. The minimum atomic E-state index is 0.759. The standard InChI is InChI=1S/C47H34N2S/c1-33-12-4-3-11-31-48(47-41(33)29-23-36-13-7-8-16-42(36)47)37-24-19-34(20-25-37)35-21-26-39(27-22-35)49(38-14-5-2-6-15-38)40-28-30-46-44(32-40)43-17-9-10-18-45(43)50-46/h2-30,32H,1,31H2/b11-3-,12-4-. The average Bonchev–Trinajstić information content (AvgIpc) is 3.58. The van der Waals surface area contributed by atoms with Crippen molar-refractivity contribution in [3.8, 4) is 11.1 Å². The first kappa shape index (κ1) is 29.9. The van der Waals surface area contributed by atoms with Crippen LogP contribution < -0.4 is 9.80 Å². The number of para-hydroxylation sites is 1. The summed E-state index contributed by atoms with van der Waals surface area (Å²) in [7, 11) is 0. The summed E-state index contributed by atoms with van der Waals surface area (Å²) in [6.45, 7) is 5.18. The van der Waals surface area contributed by atoms with E-state index in [2.05, 4.69) is 198 Å². The van der Waals surface area contributed by atoms with E-state index >= 15 is 0 Å². The van der Waals surface area contributed by atoms with Gasteiger partial charge in [0, 0.05) is 60.4 Å². The molecule has 7 aromatic carbocycles. The lowest BCUT2D eigenvalue weighted by Gasteiger charge is -2.28. The third-order valence-corrected chi connectivity index (χ3v) is 10.8. The normalized spacial score (nSPS) is 14.2. The Morgan fingerprint density at radius 1 is 0.540 bits per heavy atom. The molecule has 2 heterocycles. The SMILES string of the molecule is C=C1/C=C\C=C/CN(c2ccc(-c3ccc(N(c4ccccc4)c4ccc5sc6ccccc6c5c4)cc3)cc2)c2c1ccc1ccccc21. The van der Waals surface area contributed by atoms with E-state index in [9.17, 15) is 0 Å². The first-order valence-corrected chi connectivity index (χ1v) is 17.8. The fourth-order valence-electron chi connectivity index (χ4n) is 7.15. The summed E-state index contributed by atoms with van der Waals surface area (Å²) in [5.74, 6) is 0. The molecule has 238 valence electrons. The number of thiophene rings is 1. The third-order valence-electron chi connectivity index (χ3n) is 9.62. The fraction of sp³-hybridized carbons (Fsp3) is 0.0213. The lowest BCUT2D eigenvalue weighted by molar-refractivity contribution is 1.10. The van der Waals surface area contributed by atoms with Gasteiger partial charge >= 0.3 is 0 Å². The molecule has 9 rings (SSSR count). The number of hydrogen-bond donors (Lipinski definition) is 0. The Labute approximate surface area is 296 Å². The molecular formula is C47H34N2S. The van der Waals surface area contributed by atoms with Crippen molar-refractivity contribution in [1.82, 2.24) is 0 Å². The Kier molecular flexibility index (Phi) is 7.61. The van der Waals surface area contributed by atoms with E-state index < -0.39 is 0 Å². The summed E-state index contributed by atoms with van der Waals surface area (Å²) < 4.78 is 2.63. The van der Waals surface area contributed by atoms with Crippen LogP contribution in [0.1, 0.15) is 5.56 Å². The first-order chi connectivity index (χ1) is 24.7. The van der Waals surface area contributed by atoms with Gasteiger partial charge < -0.3 is 9.80 Å². The highest BCUT2D eigenvalue weighted by Crippen LogP contribution is 2.42. The molecule has 8 aromatic rings. The molecule has 1 aliphatic rings. The molecule has 2 nitrogen and oxygen atoms in total. The van der Waals surface area contributed by atoms with Gasteiger partial charge in [0.05, 0.1) is 5.69 Å². The quantitative estimate of drug-likeness (QED) is 0.182. The summed E-state index contributed by atoms with van der Waals surface area (Å²) >= 11 is 1.85. The van der Waals surface area contributed by atoms with Gasteiger partial charge in [0.25, 0.3) is 0 Å². The highest BCUT2D eigenvalue weighted by molar-refractivity contribution is 7.25. The number of nitrogens with zero attached hydrogens (tertiary/aromatic N) is 2. The van der Waals surface area contributed by atoms with E-state index in [-0.39, 0.29) is 0 Å². The van der Waals surface area contributed by atoms with Crippen molar-refractivity contribution in [2.45, 2.75) is 0 Å². The van der Waals surface area contributed by atoms with Crippen LogP contribution >= 0.6 is 11.3 Å². The van der Waals surface area contributed by atoms with Crippen molar-refractivity contribution in [3.63, 3.8) is 0 Å². The summed E-state index contributed by atoms with van der Waals surface area (Å²) in [6.07, 6.45) is 8.51. The van der Waals surface area contributed by atoms with Gasteiger partial charge in [0.2, 0.25) is 0 Å². The maximum absolute atomic E-state index is 4.42. The van der Waals surface area contributed by atoms with E-state index in [1.807, 2.05) is 11.3 Å². The number of allylic oxidation sites excluding steroid dienone is 4. The molecule has 1 aromatic heterocycles. The molecule has 0 aliphatic carbocycles. The zero-order valence-corrected chi connectivity index (χ0v) is 28.4. The van der Waals surface area contributed by atoms with Crippen LogP contribution in [0.25, 0.3) is 47.6 Å². The van der Waals surface area contributed by atoms with Crippen LogP contribution in [0.3, 0.4) is 0 Å². The van der Waals surface area contributed by atoms with E-state index in [0.717, 1.165) is 40.4 Å². The van der Waals surface area contributed by atoms with Gasteiger partial charge in [-0.3, -0.25) is 0 Å². The zero-order chi connectivity index (χ0) is 33.4. The molecule has 50 heavy (non-hydrogen) atoms.